The Morgan fingerprint density at radius 3 is 2.76 bits per heavy atom. The summed E-state index contributed by atoms with van der Waals surface area (Å²) >= 11 is 0. The Bertz CT molecular complexity index is 457. The van der Waals surface area contributed by atoms with E-state index in [9.17, 15) is 5.11 Å². The summed E-state index contributed by atoms with van der Waals surface area (Å²) in [6.07, 6.45) is 2.69. The topological polar surface area (TPSA) is 61.7 Å². The quantitative estimate of drug-likeness (QED) is 0.650. The van der Waals surface area contributed by atoms with E-state index in [0.717, 1.165) is 29.8 Å². The minimum atomic E-state index is -0.519. The Hall–Kier alpha value is -1.10. The predicted octanol–water partition coefficient (Wildman–Crippen LogP) is 1.80. The maximum Gasteiger partial charge on any atom is 0.122 e. The van der Waals surface area contributed by atoms with E-state index in [-0.39, 0.29) is 12.0 Å². The molecule has 21 heavy (non-hydrogen) atoms. The zero-order chi connectivity index (χ0) is 15.3. The molecule has 118 valence electrons. The molecule has 0 heterocycles. The number of aryl methyl sites for hydroxylation is 2. The van der Waals surface area contributed by atoms with Crippen LogP contribution < -0.4 is 10.1 Å². The molecule has 0 amide bonds. The second-order valence-electron chi connectivity index (χ2n) is 6.34. The van der Waals surface area contributed by atoms with Gasteiger partial charge in [0.2, 0.25) is 0 Å². The first kappa shape index (κ1) is 16.3. The normalized spacial score (nSPS) is 17.5. The van der Waals surface area contributed by atoms with Crippen LogP contribution >= 0.6 is 0 Å². The fraction of sp³-hybridized carbons (Fsp3) is 0.647. The average Bonchev–Trinajstić information content (AvgIpc) is 3.20. The first-order valence-corrected chi connectivity index (χ1v) is 7.74. The van der Waals surface area contributed by atoms with Crippen LogP contribution in [0.25, 0.3) is 0 Å². The van der Waals surface area contributed by atoms with Crippen LogP contribution in [0.15, 0.2) is 18.2 Å². The van der Waals surface area contributed by atoms with Gasteiger partial charge >= 0.3 is 0 Å². The molecule has 1 saturated carbocycles. The van der Waals surface area contributed by atoms with Crippen molar-refractivity contribution in [1.29, 1.82) is 0 Å². The summed E-state index contributed by atoms with van der Waals surface area (Å²) in [5.74, 6) is 0.841. The molecular weight excluding hydrogens is 266 g/mol. The van der Waals surface area contributed by atoms with Gasteiger partial charge in [0, 0.05) is 19.7 Å². The summed E-state index contributed by atoms with van der Waals surface area (Å²) in [4.78, 5) is 0. The third-order valence-electron chi connectivity index (χ3n) is 4.25. The number of aliphatic hydroxyl groups excluding tert-OH is 2. The summed E-state index contributed by atoms with van der Waals surface area (Å²) in [7, 11) is 0. The summed E-state index contributed by atoms with van der Waals surface area (Å²) in [5.41, 5.74) is 2.52. The Morgan fingerprint density at radius 2 is 2.10 bits per heavy atom. The molecule has 0 aromatic heterocycles. The van der Waals surface area contributed by atoms with Gasteiger partial charge in [0.15, 0.2) is 0 Å². The second-order valence-corrected chi connectivity index (χ2v) is 6.34. The predicted molar refractivity (Wildman–Crippen MR) is 83.7 cm³/mol. The fourth-order valence-electron chi connectivity index (χ4n) is 2.54. The zero-order valence-electron chi connectivity index (χ0n) is 13.1. The molecule has 0 aliphatic heterocycles. The number of benzene rings is 1. The molecule has 1 aromatic rings. The molecule has 1 unspecified atom stereocenters. The first-order chi connectivity index (χ1) is 10.0. The van der Waals surface area contributed by atoms with Gasteiger partial charge in [0.25, 0.3) is 0 Å². The van der Waals surface area contributed by atoms with Crippen molar-refractivity contribution in [1.82, 2.24) is 5.32 Å². The van der Waals surface area contributed by atoms with Crippen LogP contribution in [0.2, 0.25) is 0 Å². The van der Waals surface area contributed by atoms with Gasteiger partial charge in [-0.3, -0.25) is 0 Å². The van der Waals surface area contributed by atoms with Crippen LogP contribution in [0.3, 0.4) is 0 Å². The Kier molecular flexibility index (Phi) is 5.62. The fourth-order valence-corrected chi connectivity index (χ4v) is 2.54. The Labute approximate surface area is 127 Å². The highest BCUT2D eigenvalue weighted by Crippen LogP contribution is 2.47. The largest absolute Gasteiger partial charge is 0.491 e. The van der Waals surface area contributed by atoms with E-state index in [2.05, 4.69) is 11.4 Å². The van der Waals surface area contributed by atoms with Crippen molar-refractivity contribution < 1.29 is 14.9 Å². The van der Waals surface area contributed by atoms with E-state index < -0.39 is 6.10 Å². The van der Waals surface area contributed by atoms with Crippen molar-refractivity contribution in [3.63, 3.8) is 0 Å². The van der Waals surface area contributed by atoms with E-state index in [1.165, 1.54) is 12.8 Å². The highest BCUT2D eigenvalue weighted by molar-refractivity contribution is 5.35. The van der Waals surface area contributed by atoms with Crippen LogP contribution in [-0.2, 0) is 0 Å². The molecule has 1 aromatic carbocycles. The molecule has 0 spiro atoms. The minimum absolute atomic E-state index is 0.250. The van der Waals surface area contributed by atoms with Crippen molar-refractivity contribution in [2.75, 3.05) is 26.3 Å². The summed E-state index contributed by atoms with van der Waals surface area (Å²) in [6, 6.07) is 6.08. The van der Waals surface area contributed by atoms with Crippen molar-refractivity contribution >= 4 is 0 Å². The van der Waals surface area contributed by atoms with Gasteiger partial charge in [-0.15, -0.1) is 0 Å². The van der Waals surface area contributed by atoms with Crippen LogP contribution in [0.4, 0.5) is 0 Å². The van der Waals surface area contributed by atoms with Crippen LogP contribution in [0, 0.1) is 19.3 Å². The molecule has 1 aliphatic rings. The first-order valence-electron chi connectivity index (χ1n) is 7.74. The van der Waals surface area contributed by atoms with E-state index >= 15 is 0 Å². The molecule has 1 atom stereocenters. The van der Waals surface area contributed by atoms with E-state index in [4.69, 9.17) is 9.84 Å². The van der Waals surface area contributed by atoms with Crippen molar-refractivity contribution in [2.24, 2.45) is 5.41 Å². The third-order valence-corrected chi connectivity index (χ3v) is 4.25. The molecular formula is C17H27NO3. The lowest BCUT2D eigenvalue weighted by Crippen LogP contribution is -2.35. The highest BCUT2D eigenvalue weighted by Gasteiger charge is 2.41. The molecule has 4 heteroatoms. The molecule has 4 nitrogen and oxygen atoms in total. The molecule has 0 radical (unpaired) electrons. The van der Waals surface area contributed by atoms with Crippen LogP contribution in [-0.4, -0.2) is 42.6 Å². The Balaban J connectivity index is 1.68. The van der Waals surface area contributed by atoms with E-state index in [0.29, 0.717) is 13.2 Å². The monoisotopic (exact) mass is 293 g/mol. The molecule has 3 N–H and O–H groups in total. The number of nitrogens with one attached hydrogen (secondary N) is 1. The summed E-state index contributed by atoms with van der Waals surface area (Å²) in [6.45, 7) is 5.97. The summed E-state index contributed by atoms with van der Waals surface area (Å²) < 4.78 is 5.70. The molecule has 1 aliphatic carbocycles. The lowest BCUT2D eigenvalue weighted by Gasteiger charge is -2.18. The van der Waals surface area contributed by atoms with E-state index in [1.807, 2.05) is 26.0 Å². The van der Waals surface area contributed by atoms with E-state index in [1.54, 1.807) is 0 Å². The second kappa shape index (κ2) is 7.25. The van der Waals surface area contributed by atoms with Crippen molar-refractivity contribution in [3.8, 4) is 5.75 Å². The van der Waals surface area contributed by atoms with Crippen molar-refractivity contribution in [2.45, 2.75) is 39.2 Å². The van der Waals surface area contributed by atoms with Gasteiger partial charge in [-0.2, -0.15) is 0 Å². The van der Waals surface area contributed by atoms with Crippen LogP contribution in [0.1, 0.15) is 30.4 Å². The van der Waals surface area contributed by atoms with Gasteiger partial charge in [-0.25, -0.2) is 0 Å². The Morgan fingerprint density at radius 1 is 1.33 bits per heavy atom. The lowest BCUT2D eigenvalue weighted by molar-refractivity contribution is 0.104. The number of hydrogen-bond acceptors (Lipinski definition) is 4. The molecule has 0 saturated heterocycles. The number of aliphatic hydroxyl groups is 2. The average molecular weight is 293 g/mol. The smallest absolute Gasteiger partial charge is 0.122 e. The summed E-state index contributed by atoms with van der Waals surface area (Å²) in [5, 5.41) is 22.3. The lowest BCUT2D eigenvalue weighted by atomic mass is 10.0. The van der Waals surface area contributed by atoms with Gasteiger partial charge in [-0.05, 0) is 55.7 Å². The third kappa shape index (κ3) is 4.99. The highest BCUT2D eigenvalue weighted by atomic mass is 16.5. The molecule has 1 fully saturated rings. The van der Waals surface area contributed by atoms with Gasteiger partial charge in [-0.1, -0.05) is 12.1 Å². The number of hydrogen-bond donors (Lipinski definition) is 3. The van der Waals surface area contributed by atoms with Crippen LogP contribution in [0.5, 0.6) is 5.75 Å². The standard InChI is InChI=1S/C17H27NO3/c1-13-3-4-14(2)16(9-13)21-11-15(20)10-18-12-17(5-6-17)7-8-19/h3-4,9,15,18-20H,5-8,10-12H2,1-2H3. The van der Waals surface area contributed by atoms with Crippen molar-refractivity contribution in [3.05, 3.63) is 29.3 Å². The zero-order valence-corrected chi connectivity index (χ0v) is 13.1. The number of rotatable bonds is 9. The SMILES string of the molecule is Cc1ccc(C)c(OCC(O)CNCC2(CCO)CC2)c1. The van der Waals surface area contributed by atoms with Gasteiger partial charge in [0.05, 0.1) is 0 Å². The minimum Gasteiger partial charge on any atom is -0.491 e. The van der Waals surface area contributed by atoms with Gasteiger partial charge < -0.3 is 20.3 Å². The molecule has 0 bridgehead atoms. The maximum absolute atomic E-state index is 9.98. The molecule has 2 rings (SSSR count). The van der Waals surface area contributed by atoms with Gasteiger partial charge in [0.1, 0.15) is 18.5 Å². The maximum atomic E-state index is 9.98. The number of ether oxygens (including phenoxy) is 1.